The molecule has 3 fully saturated rings. The van der Waals surface area contributed by atoms with E-state index in [4.69, 9.17) is 10.5 Å². The lowest BCUT2D eigenvalue weighted by Gasteiger charge is -2.52. The molecule has 10 nitrogen and oxygen atoms in total. The summed E-state index contributed by atoms with van der Waals surface area (Å²) < 4.78 is 36.9. The van der Waals surface area contributed by atoms with Gasteiger partial charge in [-0.05, 0) is 56.9 Å². The third-order valence-corrected chi connectivity index (χ3v) is 8.06. The van der Waals surface area contributed by atoms with Crippen LogP contribution in [0.1, 0.15) is 62.2 Å². The van der Waals surface area contributed by atoms with E-state index in [-0.39, 0.29) is 41.0 Å². The average Bonchev–Trinajstić information content (AvgIpc) is 3.64. The van der Waals surface area contributed by atoms with Crippen LogP contribution in [0.2, 0.25) is 0 Å². The van der Waals surface area contributed by atoms with Crippen molar-refractivity contribution in [1.29, 1.82) is 5.26 Å². The van der Waals surface area contributed by atoms with Crippen LogP contribution in [0.3, 0.4) is 0 Å². The zero-order valence-electron chi connectivity index (χ0n) is 21.7. The molecule has 208 valence electrons. The van der Waals surface area contributed by atoms with Gasteiger partial charge < -0.3 is 20.5 Å². The zero-order valence-corrected chi connectivity index (χ0v) is 21.7. The second-order valence-electron chi connectivity index (χ2n) is 11.0. The van der Waals surface area contributed by atoms with Crippen LogP contribution in [0.15, 0.2) is 30.5 Å². The zero-order chi connectivity index (χ0) is 27.8. The van der Waals surface area contributed by atoms with Crippen molar-refractivity contribution < 1.29 is 27.8 Å². The van der Waals surface area contributed by atoms with Crippen molar-refractivity contribution in [2.24, 2.45) is 11.7 Å². The predicted octanol–water partition coefficient (Wildman–Crippen LogP) is 3.64. The van der Waals surface area contributed by atoms with Gasteiger partial charge in [0.05, 0.1) is 18.0 Å². The quantitative estimate of drug-likeness (QED) is 0.468. The van der Waals surface area contributed by atoms with Crippen LogP contribution in [-0.2, 0) is 10.3 Å². The number of hydrogen-bond donors (Lipinski definition) is 2. The molecule has 2 saturated carbocycles. The van der Waals surface area contributed by atoms with E-state index in [0.29, 0.717) is 24.6 Å². The second kappa shape index (κ2) is 10.4. The summed E-state index contributed by atoms with van der Waals surface area (Å²) in [7, 11) is 0. The number of rotatable bonds is 10. The van der Waals surface area contributed by atoms with Crippen LogP contribution in [0.5, 0.6) is 11.5 Å². The van der Waals surface area contributed by atoms with Crippen molar-refractivity contribution in [1.82, 2.24) is 14.7 Å². The van der Waals surface area contributed by atoms with E-state index in [1.807, 2.05) is 6.92 Å². The number of carbonyl (C=O) groups excluding carboxylic acids is 2. The minimum absolute atomic E-state index is 0.0526. The second-order valence-corrected chi connectivity index (χ2v) is 11.0. The van der Waals surface area contributed by atoms with Crippen LogP contribution in [0.25, 0.3) is 0 Å². The number of ether oxygens (including phenoxy) is 2. The minimum atomic E-state index is -2.87. The molecule has 0 spiro atoms. The summed E-state index contributed by atoms with van der Waals surface area (Å²) >= 11 is 0. The van der Waals surface area contributed by atoms with Gasteiger partial charge in [0, 0.05) is 44.1 Å². The highest BCUT2D eigenvalue weighted by Gasteiger charge is 2.48. The first-order chi connectivity index (χ1) is 18.6. The Morgan fingerprint density at radius 2 is 1.85 bits per heavy atom. The smallest absolute Gasteiger partial charge is 0.387 e. The Kier molecular flexibility index (Phi) is 7.20. The van der Waals surface area contributed by atoms with Gasteiger partial charge in [-0.15, -0.1) is 0 Å². The van der Waals surface area contributed by atoms with Crippen LogP contribution >= 0.6 is 0 Å². The van der Waals surface area contributed by atoms with E-state index in [1.54, 1.807) is 23.0 Å². The van der Waals surface area contributed by atoms with Crippen molar-refractivity contribution in [3.8, 4) is 17.6 Å². The molecule has 2 aliphatic carbocycles. The number of nitriles is 1. The summed E-state index contributed by atoms with van der Waals surface area (Å²) in [5.41, 5.74) is 4.74. The summed E-state index contributed by atoms with van der Waals surface area (Å²) in [6, 6.07) is 8.76. The Labute approximate surface area is 225 Å². The molecule has 0 bridgehead atoms. The van der Waals surface area contributed by atoms with E-state index in [9.17, 15) is 23.6 Å². The average molecular weight is 543 g/mol. The molecule has 3 N–H and O–H groups in total. The monoisotopic (exact) mass is 542 g/mol. The summed E-state index contributed by atoms with van der Waals surface area (Å²) in [4.78, 5) is 26.8. The number of nitrogens with two attached hydrogens (primary N) is 1. The number of aromatic nitrogens is 2. The van der Waals surface area contributed by atoms with Crippen LogP contribution in [0, 0.1) is 17.2 Å². The summed E-state index contributed by atoms with van der Waals surface area (Å²) in [5, 5.41) is 16.9. The first-order valence-corrected chi connectivity index (χ1v) is 13.2. The third-order valence-electron chi connectivity index (χ3n) is 8.06. The van der Waals surface area contributed by atoms with Crippen LogP contribution in [0.4, 0.5) is 14.6 Å². The van der Waals surface area contributed by atoms with Crippen molar-refractivity contribution >= 4 is 17.6 Å². The molecule has 0 atom stereocenters. The van der Waals surface area contributed by atoms with Gasteiger partial charge in [-0.3, -0.25) is 19.2 Å². The van der Waals surface area contributed by atoms with Crippen molar-refractivity contribution in [2.75, 3.05) is 18.4 Å². The van der Waals surface area contributed by atoms with Gasteiger partial charge in [-0.25, -0.2) is 0 Å². The SMILES string of the molecule is CC1(Oc2ccc(OC(F)F)cc2)CC(N2CCC(CC#N)(n3cc(C(N)=O)c(NC(=O)C4CC4)n3)CC2)C1. The lowest BCUT2D eigenvalue weighted by atomic mass is 9.74. The van der Waals surface area contributed by atoms with Gasteiger partial charge in [-0.2, -0.15) is 19.1 Å². The molecule has 5 rings (SSSR count). The van der Waals surface area contributed by atoms with E-state index >= 15 is 0 Å². The largest absolute Gasteiger partial charge is 0.487 e. The van der Waals surface area contributed by atoms with Gasteiger partial charge in [0.2, 0.25) is 5.91 Å². The highest BCUT2D eigenvalue weighted by atomic mass is 19.3. The Bertz CT molecular complexity index is 1260. The fourth-order valence-corrected chi connectivity index (χ4v) is 5.65. The van der Waals surface area contributed by atoms with E-state index in [1.165, 1.54) is 12.1 Å². The molecule has 12 heteroatoms. The normalized spacial score (nSPS) is 24.4. The molecule has 1 aromatic carbocycles. The highest BCUT2D eigenvalue weighted by Crippen LogP contribution is 2.43. The summed E-state index contributed by atoms with van der Waals surface area (Å²) in [6.07, 6.45) is 6.32. The number of nitrogens with one attached hydrogen (secondary N) is 1. The molecule has 1 aromatic heterocycles. The minimum Gasteiger partial charge on any atom is -0.487 e. The topological polar surface area (TPSA) is 136 Å². The lowest BCUT2D eigenvalue weighted by Crippen LogP contribution is -2.59. The molecule has 3 aliphatic rings. The number of primary amides is 1. The maximum atomic E-state index is 12.4. The molecular weight excluding hydrogens is 510 g/mol. The fraction of sp³-hybridized carbons (Fsp3) is 0.556. The van der Waals surface area contributed by atoms with Crippen molar-refractivity contribution in [3.63, 3.8) is 0 Å². The molecule has 2 amide bonds. The number of halogens is 2. The van der Waals surface area contributed by atoms with Crippen LogP contribution < -0.4 is 20.5 Å². The Morgan fingerprint density at radius 1 is 1.21 bits per heavy atom. The summed E-state index contributed by atoms with van der Waals surface area (Å²) in [6.45, 7) is 0.630. The fourth-order valence-electron chi connectivity index (χ4n) is 5.65. The molecular formula is C27H32F2N6O4. The van der Waals surface area contributed by atoms with E-state index < -0.39 is 18.1 Å². The van der Waals surface area contributed by atoms with Gasteiger partial charge in [0.15, 0.2) is 5.82 Å². The number of carbonyl (C=O) groups is 2. The van der Waals surface area contributed by atoms with Gasteiger partial charge >= 0.3 is 6.61 Å². The third kappa shape index (κ3) is 5.83. The van der Waals surface area contributed by atoms with Gasteiger partial charge in [0.1, 0.15) is 22.7 Å². The van der Waals surface area contributed by atoms with E-state index in [0.717, 1.165) is 38.8 Å². The van der Waals surface area contributed by atoms with Gasteiger partial charge in [0.25, 0.3) is 5.91 Å². The number of amides is 2. The molecule has 2 aromatic rings. The van der Waals surface area contributed by atoms with Crippen LogP contribution in [-0.4, -0.2) is 57.8 Å². The lowest BCUT2D eigenvalue weighted by molar-refractivity contribution is -0.117. The standard InChI is InChI=1S/C27H32F2N6O4/c1-26(39-20-6-4-19(5-7-20)38-25(28)29)14-18(15-26)34-12-9-27(8-11-30,10-13-34)35-16-21(22(31)36)23(33-35)32-24(37)17-2-3-17/h4-7,16-18,25H,2-3,8-10,12-15H2,1H3,(H2,31,36)(H,32,33,37). The Morgan fingerprint density at radius 3 is 2.41 bits per heavy atom. The number of piperidine rings is 1. The maximum Gasteiger partial charge on any atom is 0.387 e. The molecule has 0 radical (unpaired) electrons. The highest BCUT2D eigenvalue weighted by molar-refractivity contribution is 6.02. The number of anilines is 1. The Hall–Kier alpha value is -3.72. The number of hydrogen-bond acceptors (Lipinski definition) is 7. The maximum absolute atomic E-state index is 12.4. The molecule has 0 unspecified atom stereocenters. The van der Waals surface area contributed by atoms with E-state index in [2.05, 4.69) is 26.1 Å². The molecule has 39 heavy (non-hydrogen) atoms. The van der Waals surface area contributed by atoms with Gasteiger partial charge in [-0.1, -0.05) is 0 Å². The molecule has 1 saturated heterocycles. The number of likely N-dealkylation sites (tertiary alicyclic amines) is 1. The number of benzene rings is 1. The molecule has 2 heterocycles. The van der Waals surface area contributed by atoms with Crippen molar-refractivity contribution in [3.05, 3.63) is 36.0 Å². The summed E-state index contributed by atoms with van der Waals surface area (Å²) in [5.74, 6) is -0.0667. The van der Waals surface area contributed by atoms with Crippen molar-refractivity contribution in [2.45, 2.75) is 75.7 Å². The Balaban J connectivity index is 1.20. The molecule has 1 aliphatic heterocycles. The first kappa shape index (κ1) is 26.9. The predicted molar refractivity (Wildman–Crippen MR) is 136 cm³/mol. The number of nitrogens with zero attached hydrogens (tertiary/aromatic N) is 4. The first-order valence-electron chi connectivity index (χ1n) is 13.2. The number of alkyl halides is 2.